The summed E-state index contributed by atoms with van der Waals surface area (Å²) in [5.41, 5.74) is 7.49. The van der Waals surface area contributed by atoms with Gasteiger partial charge >= 0.3 is 0 Å². The molecule has 0 radical (unpaired) electrons. The van der Waals surface area contributed by atoms with E-state index in [4.69, 9.17) is 0 Å². The van der Waals surface area contributed by atoms with Gasteiger partial charge in [0.2, 0.25) is 0 Å². The lowest BCUT2D eigenvalue weighted by Crippen LogP contribution is -2.23. The number of thioether (sulfide) groups is 1. The molecule has 0 aliphatic carbocycles. The lowest BCUT2D eigenvalue weighted by atomic mass is 10.1. The van der Waals surface area contributed by atoms with E-state index in [2.05, 4.69) is 49.7 Å². The second-order valence-corrected chi connectivity index (χ2v) is 8.34. The molecule has 1 amide bonds. The number of amides is 1. The molecule has 1 fully saturated rings. The molecule has 0 bridgehead atoms. The van der Waals surface area contributed by atoms with E-state index in [9.17, 15) is 4.79 Å². The Hall–Kier alpha value is -2.41. The molecule has 2 aromatic rings. The Morgan fingerprint density at radius 3 is 2.31 bits per heavy atom. The first-order valence-electron chi connectivity index (χ1n) is 10.1. The Morgan fingerprint density at radius 2 is 1.69 bits per heavy atom. The maximum atomic E-state index is 12.1. The topological polar surface area (TPSA) is 70.5 Å². The van der Waals surface area contributed by atoms with Crippen LogP contribution >= 0.6 is 11.8 Å². The molecule has 1 saturated heterocycles. The van der Waals surface area contributed by atoms with E-state index >= 15 is 0 Å². The van der Waals surface area contributed by atoms with Crippen LogP contribution in [0.4, 0.5) is 5.69 Å². The molecule has 0 unspecified atom stereocenters. The van der Waals surface area contributed by atoms with Crippen LogP contribution in [-0.4, -0.2) is 40.4 Å². The Kier molecular flexibility index (Phi) is 7.63. The molecular formula is C22H29N5OS. The summed E-state index contributed by atoms with van der Waals surface area (Å²) in [6, 6.07) is 10.4. The van der Waals surface area contributed by atoms with Gasteiger partial charge < -0.3 is 4.90 Å². The SMILES string of the molecule is C/C(=N\NC(=O)CSc1nc(C)cc(C)n1)c1ccc(N2CCCCCC2)cc1. The minimum Gasteiger partial charge on any atom is -0.372 e. The average Bonchev–Trinajstić information content (AvgIpc) is 2.99. The third-order valence-electron chi connectivity index (χ3n) is 4.90. The number of rotatable bonds is 6. The van der Waals surface area contributed by atoms with Gasteiger partial charge in [-0.05, 0) is 57.4 Å². The number of hydrazone groups is 1. The number of nitrogens with zero attached hydrogens (tertiary/aromatic N) is 4. The fourth-order valence-corrected chi connectivity index (χ4v) is 4.12. The zero-order valence-electron chi connectivity index (χ0n) is 17.4. The first kappa shape index (κ1) is 21.3. The van der Waals surface area contributed by atoms with Crippen molar-refractivity contribution in [2.75, 3.05) is 23.7 Å². The normalized spacial score (nSPS) is 15.1. The molecule has 154 valence electrons. The van der Waals surface area contributed by atoms with Crippen molar-refractivity contribution in [3.8, 4) is 0 Å². The highest BCUT2D eigenvalue weighted by atomic mass is 32.2. The standard InChI is InChI=1S/C22H29N5OS/c1-16-14-17(2)24-22(23-16)29-15-21(28)26-25-18(3)19-8-10-20(11-9-19)27-12-6-4-5-7-13-27/h8-11,14H,4-7,12-13,15H2,1-3H3,(H,26,28)/b25-18+. The van der Waals surface area contributed by atoms with Crippen molar-refractivity contribution in [1.29, 1.82) is 0 Å². The lowest BCUT2D eigenvalue weighted by Gasteiger charge is -2.22. The summed E-state index contributed by atoms with van der Waals surface area (Å²) in [5, 5.41) is 4.86. The van der Waals surface area contributed by atoms with Crippen LogP contribution in [0.5, 0.6) is 0 Å². The number of carbonyl (C=O) groups is 1. The third-order valence-corrected chi connectivity index (χ3v) is 5.75. The molecule has 1 aliphatic heterocycles. The fourth-order valence-electron chi connectivity index (χ4n) is 3.37. The minimum atomic E-state index is -0.168. The highest BCUT2D eigenvalue weighted by Crippen LogP contribution is 2.20. The zero-order chi connectivity index (χ0) is 20.6. The van der Waals surface area contributed by atoms with E-state index in [-0.39, 0.29) is 11.7 Å². The van der Waals surface area contributed by atoms with Gasteiger partial charge in [-0.25, -0.2) is 15.4 Å². The molecule has 1 aromatic heterocycles. The number of hydrogen-bond acceptors (Lipinski definition) is 6. The summed E-state index contributed by atoms with van der Waals surface area (Å²) in [6.07, 6.45) is 5.18. The van der Waals surface area contributed by atoms with E-state index in [1.54, 1.807) is 0 Å². The van der Waals surface area contributed by atoms with Gasteiger partial charge in [-0.1, -0.05) is 36.7 Å². The van der Waals surface area contributed by atoms with E-state index in [1.807, 2.05) is 26.8 Å². The summed E-state index contributed by atoms with van der Waals surface area (Å²) in [7, 11) is 0. The first-order chi connectivity index (χ1) is 14.0. The van der Waals surface area contributed by atoms with E-state index in [0.29, 0.717) is 5.16 Å². The number of aromatic nitrogens is 2. The first-order valence-corrected chi connectivity index (χ1v) is 11.1. The van der Waals surface area contributed by atoms with Gasteiger partial charge in [0.1, 0.15) is 0 Å². The monoisotopic (exact) mass is 411 g/mol. The van der Waals surface area contributed by atoms with Gasteiger partial charge in [-0.2, -0.15) is 5.10 Å². The van der Waals surface area contributed by atoms with Crippen LogP contribution in [-0.2, 0) is 4.79 Å². The highest BCUT2D eigenvalue weighted by Gasteiger charge is 2.10. The number of benzene rings is 1. The maximum absolute atomic E-state index is 12.1. The number of aryl methyl sites for hydroxylation is 2. The fraction of sp³-hybridized carbons (Fsp3) is 0.455. The van der Waals surface area contributed by atoms with Crippen LogP contribution in [0.2, 0.25) is 0 Å². The Labute approximate surface area is 177 Å². The number of carbonyl (C=O) groups excluding carboxylic acids is 1. The molecule has 0 atom stereocenters. The quantitative estimate of drug-likeness (QED) is 0.335. The van der Waals surface area contributed by atoms with Gasteiger partial charge in [-0.3, -0.25) is 4.79 Å². The van der Waals surface area contributed by atoms with Crippen LogP contribution in [0.15, 0.2) is 40.6 Å². The van der Waals surface area contributed by atoms with Crippen molar-refractivity contribution < 1.29 is 4.79 Å². The van der Waals surface area contributed by atoms with Gasteiger partial charge in [0.05, 0.1) is 11.5 Å². The van der Waals surface area contributed by atoms with Gasteiger partial charge in [0.25, 0.3) is 5.91 Å². The predicted octanol–water partition coefficient (Wildman–Crippen LogP) is 4.11. The highest BCUT2D eigenvalue weighted by molar-refractivity contribution is 7.99. The summed E-state index contributed by atoms with van der Waals surface area (Å²) in [4.78, 5) is 23.2. The summed E-state index contributed by atoms with van der Waals surface area (Å²) < 4.78 is 0. The zero-order valence-corrected chi connectivity index (χ0v) is 18.3. The van der Waals surface area contributed by atoms with Crippen LogP contribution in [0.3, 0.4) is 0 Å². The van der Waals surface area contributed by atoms with Crippen LogP contribution in [0.1, 0.15) is 49.6 Å². The summed E-state index contributed by atoms with van der Waals surface area (Å²) >= 11 is 1.31. The Bertz CT molecular complexity index is 838. The smallest absolute Gasteiger partial charge is 0.250 e. The van der Waals surface area contributed by atoms with Crippen molar-refractivity contribution >= 4 is 29.1 Å². The van der Waals surface area contributed by atoms with Crippen molar-refractivity contribution in [2.24, 2.45) is 5.10 Å². The van der Waals surface area contributed by atoms with Gasteiger partial charge in [0, 0.05) is 30.2 Å². The van der Waals surface area contributed by atoms with E-state index < -0.39 is 0 Å². The van der Waals surface area contributed by atoms with Crippen molar-refractivity contribution in [3.05, 3.63) is 47.3 Å². The molecular weight excluding hydrogens is 382 g/mol. The Morgan fingerprint density at radius 1 is 1.07 bits per heavy atom. The van der Waals surface area contributed by atoms with Crippen LogP contribution in [0, 0.1) is 13.8 Å². The molecule has 0 saturated carbocycles. The summed E-state index contributed by atoms with van der Waals surface area (Å²) in [5.74, 6) is 0.0615. The van der Waals surface area contributed by atoms with Crippen molar-refractivity contribution in [3.63, 3.8) is 0 Å². The van der Waals surface area contributed by atoms with Gasteiger partial charge in [-0.15, -0.1) is 0 Å². The maximum Gasteiger partial charge on any atom is 0.250 e. The second-order valence-electron chi connectivity index (χ2n) is 7.40. The third kappa shape index (κ3) is 6.56. The molecule has 3 rings (SSSR count). The largest absolute Gasteiger partial charge is 0.372 e. The lowest BCUT2D eigenvalue weighted by molar-refractivity contribution is -0.118. The minimum absolute atomic E-state index is 0.168. The molecule has 6 nitrogen and oxygen atoms in total. The average molecular weight is 412 g/mol. The van der Waals surface area contributed by atoms with Crippen LogP contribution < -0.4 is 10.3 Å². The molecule has 1 N–H and O–H groups in total. The molecule has 1 aromatic carbocycles. The number of nitrogens with one attached hydrogen (secondary N) is 1. The molecule has 2 heterocycles. The van der Waals surface area contributed by atoms with Gasteiger partial charge in [0.15, 0.2) is 5.16 Å². The van der Waals surface area contributed by atoms with E-state index in [1.165, 1.54) is 43.1 Å². The number of anilines is 1. The number of hydrogen-bond donors (Lipinski definition) is 1. The molecule has 1 aliphatic rings. The van der Waals surface area contributed by atoms with E-state index in [0.717, 1.165) is 35.8 Å². The second kappa shape index (κ2) is 10.4. The molecule has 7 heteroatoms. The van der Waals surface area contributed by atoms with Crippen LogP contribution in [0.25, 0.3) is 0 Å². The predicted molar refractivity (Wildman–Crippen MR) is 120 cm³/mol. The summed E-state index contributed by atoms with van der Waals surface area (Å²) in [6.45, 7) is 8.01. The van der Waals surface area contributed by atoms with Crippen molar-refractivity contribution in [1.82, 2.24) is 15.4 Å². The molecule has 29 heavy (non-hydrogen) atoms. The molecule has 0 spiro atoms. The Balaban J connectivity index is 1.52. The van der Waals surface area contributed by atoms with Crippen molar-refractivity contribution in [2.45, 2.75) is 51.6 Å².